The minimum atomic E-state index is -0.819. The third kappa shape index (κ3) is 1.68. The molecule has 0 aliphatic heterocycles. The number of hydrogen-bond acceptors (Lipinski definition) is 1. The third-order valence-corrected chi connectivity index (χ3v) is 3.72. The fraction of sp³-hybridized carbons (Fsp3) is 0.462. The molecule has 0 saturated heterocycles. The zero-order valence-electron chi connectivity index (χ0n) is 9.55. The number of hydrogen-bond donors (Lipinski definition) is 2. The summed E-state index contributed by atoms with van der Waals surface area (Å²) in [6.45, 7) is 0. The molecule has 2 aliphatic carbocycles. The highest BCUT2D eigenvalue weighted by atomic mass is 19.1. The lowest BCUT2D eigenvalue weighted by Gasteiger charge is -2.14. The van der Waals surface area contributed by atoms with Crippen molar-refractivity contribution in [2.45, 2.75) is 38.3 Å². The topological polar surface area (TPSA) is 55.1 Å². The Morgan fingerprint density at radius 1 is 1.29 bits per heavy atom. The summed E-state index contributed by atoms with van der Waals surface area (Å²) < 4.78 is 13.5. The molecular formula is C13H15FN2O. The smallest absolute Gasteiger partial charge is 0.316 e. The highest BCUT2D eigenvalue weighted by molar-refractivity contribution is 5.90. The molecule has 1 unspecified atom stereocenters. The monoisotopic (exact) mass is 234 g/mol. The summed E-state index contributed by atoms with van der Waals surface area (Å²) in [7, 11) is 0. The molecule has 0 heterocycles. The van der Waals surface area contributed by atoms with E-state index in [-0.39, 0.29) is 0 Å². The Balaban J connectivity index is 2.13. The van der Waals surface area contributed by atoms with Crippen molar-refractivity contribution in [3.8, 4) is 0 Å². The Hall–Kier alpha value is -1.58. The minimum absolute atomic E-state index is 0.401. The Morgan fingerprint density at radius 2 is 2.12 bits per heavy atom. The van der Waals surface area contributed by atoms with E-state index in [1.165, 1.54) is 5.56 Å². The fourth-order valence-electron chi connectivity index (χ4n) is 3.07. The molecule has 1 atom stereocenters. The largest absolute Gasteiger partial charge is 0.351 e. The van der Waals surface area contributed by atoms with Gasteiger partial charge in [0, 0.05) is 18.5 Å². The lowest BCUT2D eigenvalue weighted by Crippen LogP contribution is -2.21. The number of benzene rings is 1. The number of urea groups is 1. The molecule has 0 spiro atoms. The summed E-state index contributed by atoms with van der Waals surface area (Å²) in [6.07, 6.45) is 3.13. The predicted molar refractivity (Wildman–Crippen MR) is 64.0 cm³/mol. The van der Waals surface area contributed by atoms with Gasteiger partial charge in [0.05, 0.1) is 0 Å². The molecule has 90 valence electrons. The number of carbonyl (C=O) groups excluding carboxylic acids is 1. The van der Waals surface area contributed by atoms with Gasteiger partial charge in [-0.2, -0.15) is 0 Å². The second-order valence-electron chi connectivity index (χ2n) is 4.88. The van der Waals surface area contributed by atoms with Gasteiger partial charge in [-0.1, -0.05) is 6.07 Å². The second kappa shape index (κ2) is 3.72. The van der Waals surface area contributed by atoms with Gasteiger partial charge in [0.25, 0.3) is 0 Å². The molecule has 0 bridgehead atoms. The van der Waals surface area contributed by atoms with Gasteiger partial charge in [-0.05, 0) is 41.5 Å². The van der Waals surface area contributed by atoms with Gasteiger partial charge < -0.3 is 11.1 Å². The SMILES string of the molecule is NC(=O)Nc1c2c(cc3c1CC(F)C3)CCC2. The van der Waals surface area contributed by atoms with E-state index >= 15 is 0 Å². The van der Waals surface area contributed by atoms with Crippen molar-refractivity contribution >= 4 is 11.7 Å². The Morgan fingerprint density at radius 3 is 2.88 bits per heavy atom. The zero-order valence-corrected chi connectivity index (χ0v) is 9.55. The average Bonchev–Trinajstić information content (AvgIpc) is 2.82. The molecule has 1 aromatic rings. The molecule has 3 nitrogen and oxygen atoms in total. The molecule has 2 aliphatic rings. The third-order valence-electron chi connectivity index (χ3n) is 3.72. The number of primary amides is 1. The average molecular weight is 234 g/mol. The highest BCUT2D eigenvalue weighted by Crippen LogP contribution is 2.39. The number of fused-ring (bicyclic) bond motifs is 2. The van der Waals surface area contributed by atoms with Gasteiger partial charge in [0.1, 0.15) is 6.17 Å². The molecule has 1 aromatic carbocycles. The maximum absolute atomic E-state index is 13.5. The van der Waals surface area contributed by atoms with Gasteiger partial charge in [0.2, 0.25) is 0 Å². The minimum Gasteiger partial charge on any atom is -0.351 e. The van der Waals surface area contributed by atoms with Crippen LogP contribution < -0.4 is 11.1 Å². The van der Waals surface area contributed by atoms with Gasteiger partial charge in [0.15, 0.2) is 0 Å². The van der Waals surface area contributed by atoms with E-state index in [1.807, 2.05) is 0 Å². The fourth-order valence-corrected chi connectivity index (χ4v) is 3.07. The second-order valence-corrected chi connectivity index (χ2v) is 4.88. The number of nitrogens with one attached hydrogen (secondary N) is 1. The number of rotatable bonds is 1. The molecule has 0 saturated carbocycles. The van der Waals surface area contributed by atoms with Crippen LogP contribution in [0, 0.1) is 0 Å². The molecule has 3 N–H and O–H groups in total. The van der Waals surface area contributed by atoms with Crippen LogP contribution >= 0.6 is 0 Å². The van der Waals surface area contributed by atoms with E-state index < -0.39 is 12.2 Å². The summed E-state index contributed by atoms with van der Waals surface area (Å²) >= 11 is 0. The van der Waals surface area contributed by atoms with Crippen LogP contribution in [0.25, 0.3) is 0 Å². The summed E-state index contributed by atoms with van der Waals surface area (Å²) in [5, 5.41) is 2.70. The lowest BCUT2D eigenvalue weighted by molar-refractivity contribution is 0.259. The van der Waals surface area contributed by atoms with Crippen molar-refractivity contribution < 1.29 is 9.18 Å². The first kappa shape index (κ1) is 10.6. The Labute approximate surface area is 99.2 Å². The van der Waals surface area contributed by atoms with E-state index in [2.05, 4.69) is 11.4 Å². The molecule has 0 fully saturated rings. The van der Waals surface area contributed by atoms with Crippen LogP contribution in [0.3, 0.4) is 0 Å². The van der Waals surface area contributed by atoms with Crippen molar-refractivity contribution in [1.82, 2.24) is 0 Å². The Bertz CT molecular complexity index is 499. The van der Waals surface area contributed by atoms with Crippen LogP contribution in [0.1, 0.15) is 28.7 Å². The summed E-state index contributed by atoms with van der Waals surface area (Å²) in [6, 6.07) is 1.55. The first-order chi connectivity index (χ1) is 8.15. The van der Waals surface area contributed by atoms with Crippen LogP contribution in [0.2, 0.25) is 0 Å². The van der Waals surface area contributed by atoms with E-state index in [9.17, 15) is 9.18 Å². The van der Waals surface area contributed by atoms with Crippen LogP contribution in [0.15, 0.2) is 6.07 Å². The number of nitrogens with two attached hydrogens (primary N) is 1. The quantitative estimate of drug-likeness (QED) is 0.768. The van der Waals surface area contributed by atoms with E-state index in [0.717, 1.165) is 41.6 Å². The molecule has 3 rings (SSSR count). The highest BCUT2D eigenvalue weighted by Gasteiger charge is 2.28. The van der Waals surface area contributed by atoms with Crippen molar-refractivity contribution in [1.29, 1.82) is 0 Å². The summed E-state index contributed by atoms with van der Waals surface area (Å²) in [5.74, 6) is 0. The molecule has 2 amide bonds. The standard InChI is InChI=1S/C13H15FN2O/c14-9-5-8-4-7-2-1-3-10(7)12(11(8)6-9)16-13(15)17/h4,9H,1-3,5-6H2,(H3,15,16,17). The van der Waals surface area contributed by atoms with Crippen LogP contribution in [0.4, 0.5) is 14.9 Å². The van der Waals surface area contributed by atoms with E-state index in [4.69, 9.17) is 5.73 Å². The number of alkyl halides is 1. The number of carbonyl (C=O) groups is 1. The van der Waals surface area contributed by atoms with Gasteiger partial charge in [-0.3, -0.25) is 0 Å². The maximum atomic E-state index is 13.5. The number of anilines is 1. The predicted octanol–water partition coefficient (Wildman–Crippen LogP) is 2.10. The molecule has 0 aromatic heterocycles. The maximum Gasteiger partial charge on any atom is 0.316 e. The summed E-state index contributed by atoms with van der Waals surface area (Å²) in [5.41, 5.74) is 10.4. The van der Waals surface area contributed by atoms with Crippen molar-refractivity contribution in [2.75, 3.05) is 5.32 Å². The van der Waals surface area contributed by atoms with Crippen molar-refractivity contribution in [2.24, 2.45) is 5.73 Å². The van der Waals surface area contributed by atoms with Crippen molar-refractivity contribution in [3.05, 3.63) is 28.3 Å². The van der Waals surface area contributed by atoms with E-state index in [1.54, 1.807) is 0 Å². The van der Waals surface area contributed by atoms with Crippen molar-refractivity contribution in [3.63, 3.8) is 0 Å². The Kier molecular flexibility index (Phi) is 2.31. The zero-order chi connectivity index (χ0) is 12.0. The molecule has 17 heavy (non-hydrogen) atoms. The normalized spacial score (nSPS) is 21.1. The number of aryl methyl sites for hydroxylation is 1. The molecular weight excluding hydrogens is 219 g/mol. The van der Waals surface area contributed by atoms with Gasteiger partial charge in [-0.25, -0.2) is 9.18 Å². The lowest BCUT2D eigenvalue weighted by atomic mass is 9.99. The number of halogens is 1. The van der Waals surface area contributed by atoms with Crippen LogP contribution in [-0.4, -0.2) is 12.2 Å². The summed E-state index contributed by atoms with van der Waals surface area (Å²) in [4.78, 5) is 11.1. The van der Waals surface area contributed by atoms with Gasteiger partial charge >= 0.3 is 6.03 Å². The van der Waals surface area contributed by atoms with Gasteiger partial charge in [-0.15, -0.1) is 0 Å². The molecule has 4 heteroatoms. The molecule has 0 radical (unpaired) electrons. The van der Waals surface area contributed by atoms with Crippen LogP contribution in [-0.2, 0) is 25.7 Å². The number of amides is 2. The first-order valence-corrected chi connectivity index (χ1v) is 6.02. The van der Waals surface area contributed by atoms with Crippen LogP contribution in [0.5, 0.6) is 0 Å². The van der Waals surface area contributed by atoms with E-state index in [0.29, 0.717) is 12.8 Å². The first-order valence-electron chi connectivity index (χ1n) is 6.02.